The normalized spacial score (nSPS) is 10.7. The summed E-state index contributed by atoms with van der Waals surface area (Å²) >= 11 is 0. The zero-order chi connectivity index (χ0) is 18.4. The van der Waals surface area contributed by atoms with E-state index in [0.717, 1.165) is 0 Å². The Labute approximate surface area is 144 Å². The number of methoxy groups -OCH3 is 1. The van der Waals surface area contributed by atoms with Gasteiger partial charge in [-0.05, 0) is 42.3 Å². The van der Waals surface area contributed by atoms with Gasteiger partial charge in [-0.15, -0.1) is 0 Å². The Bertz CT molecular complexity index is 880. The summed E-state index contributed by atoms with van der Waals surface area (Å²) in [7, 11) is 1.55. The van der Waals surface area contributed by atoms with E-state index in [-0.39, 0.29) is 11.3 Å². The van der Waals surface area contributed by atoms with E-state index in [9.17, 15) is 20.2 Å². The maximum atomic E-state index is 12.3. The van der Waals surface area contributed by atoms with E-state index in [1.54, 1.807) is 38.3 Å². The van der Waals surface area contributed by atoms with Crippen molar-refractivity contribution < 1.29 is 14.5 Å². The van der Waals surface area contributed by atoms with Crippen LogP contribution in [0.1, 0.15) is 11.1 Å². The third-order valence-electron chi connectivity index (χ3n) is 3.46. The Morgan fingerprint density at radius 1 is 1.28 bits per heavy atom. The van der Waals surface area contributed by atoms with Gasteiger partial charge in [-0.1, -0.05) is 12.1 Å². The number of nitro groups is 1. The highest BCUT2D eigenvalue weighted by Gasteiger charge is 2.13. The fourth-order valence-corrected chi connectivity index (χ4v) is 2.11. The van der Waals surface area contributed by atoms with Crippen LogP contribution in [0.15, 0.2) is 48.0 Å². The average molecular weight is 337 g/mol. The van der Waals surface area contributed by atoms with Gasteiger partial charge >= 0.3 is 0 Å². The monoisotopic (exact) mass is 337 g/mol. The highest BCUT2D eigenvalue weighted by molar-refractivity contribution is 6.10. The molecule has 0 aliphatic carbocycles. The number of benzene rings is 2. The molecule has 7 nitrogen and oxygen atoms in total. The largest absolute Gasteiger partial charge is 0.497 e. The van der Waals surface area contributed by atoms with Crippen LogP contribution < -0.4 is 10.1 Å². The van der Waals surface area contributed by atoms with Crippen molar-refractivity contribution in [3.05, 3.63) is 69.3 Å². The number of amides is 1. The van der Waals surface area contributed by atoms with Crippen molar-refractivity contribution in [2.75, 3.05) is 12.4 Å². The molecule has 0 radical (unpaired) electrons. The van der Waals surface area contributed by atoms with E-state index >= 15 is 0 Å². The first-order valence-corrected chi connectivity index (χ1v) is 7.27. The van der Waals surface area contributed by atoms with E-state index < -0.39 is 10.8 Å². The number of hydrogen-bond acceptors (Lipinski definition) is 5. The highest BCUT2D eigenvalue weighted by Crippen LogP contribution is 2.22. The second-order valence-corrected chi connectivity index (χ2v) is 5.15. The quantitative estimate of drug-likeness (QED) is 0.389. The molecule has 0 atom stereocenters. The molecule has 2 aromatic rings. The molecule has 0 fully saturated rings. The number of hydrogen-bond donors (Lipinski definition) is 1. The van der Waals surface area contributed by atoms with E-state index in [4.69, 9.17) is 4.74 Å². The molecule has 126 valence electrons. The summed E-state index contributed by atoms with van der Waals surface area (Å²) in [6, 6.07) is 12.8. The van der Waals surface area contributed by atoms with Crippen LogP contribution in [0.25, 0.3) is 6.08 Å². The molecule has 0 bridgehead atoms. The molecule has 0 aliphatic heterocycles. The molecule has 0 aliphatic rings. The maximum absolute atomic E-state index is 12.3. The van der Waals surface area contributed by atoms with Crippen molar-refractivity contribution in [1.82, 2.24) is 0 Å². The summed E-state index contributed by atoms with van der Waals surface area (Å²) in [5.41, 5.74) is 1.47. The Morgan fingerprint density at radius 3 is 2.48 bits per heavy atom. The van der Waals surface area contributed by atoms with Gasteiger partial charge in [-0.3, -0.25) is 14.9 Å². The Morgan fingerprint density at radius 2 is 1.96 bits per heavy atom. The van der Waals surface area contributed by atoms with Gasteiger partial charge in [0.25, 0.3) is 11.6 Å². The smallest absolute Gasteiger partial charge is 0.269 e. The van der Waals surface area contributed by atoms with Gasteiger partial charge in [0.05, 0.1) is 12.0 Å². The van der Waals surface area contributed by atoms with Crippen molar-refractivity contribution in [2.24, 2.45) is 0 Å². The second kappa shape index (κ2) is 7.75. The molecule has 0 saturated carbocycles. The van der Waals surface area contributed by atoms with Crippen LogP contribution >= 0.6 is 0 Å². The minimum absolute atomic E-state index is 0.0650. The van der Waals surface area contributed by atoms with Crippen LogP contribution in [0.5, 0.6) is 5.75 Å². The number of nitrogens with zero attached hydrogens (tertiary/aromatic N) is 2. The minimum Gasteiger partial charge on any atom is -0.497 e. The Hall–Kier alpha value is -3.66. The number of carbonyl (C=O) groups excluding carboxylic acids is 1. The Kier molecular flexibility index (Phi) is 5.48. The molecular weight excluding hydrogens is 322 g/mol. The van der Waals surface area contributed by atoms with Crippen LogP contribution in [0.2, 0.25) is 0 Å². The molecule has 0 unspecified atom stereocenters. The minimum atomic E-state index is -0.588. The first kappa shape index (κ1) is 17.7. The van der Waals surface area contributed by atoms with Crippen LogP contribution in [0, 0.1) is 28.4 Å². The van der Waals surface area contributed by atoms with Crippen LogP contribution in [-0.4, -0.2) is 17.9 Å². The van der Waals surface area contributed by atoms with Crippen molar-refractivity contribution in [1.29, 1.82) is 5.26 Å². The van der Waals surface area contributed by atoms with Gasteiger partial charge in [0, 0.05) is 17.8 Å². The number of nitrogens with one attached hydrogen (secondary N) is 1. The van der Waals surface area contributed by atoms with E-state index in [0.29, 0.717) is 22.6 Å². The van der Waals surface area contributed by atoms with Gasteiger partial charge in [-0.2, -0.15) is 5.26 Å². The van der Waals surface area contributed by atoms with Crippen molar-refractivity contribution in [3.8, 4) is 11.8 Å². The van der Waals surface area contributed by atoms with Gasteiger partial charge in [-0.25, -0.2) is 0 Å². The lowest BCUT2D eigenvalue weighted by molar-refractivity contribution is -0.384. The average Bonchev–Trinajstić information content (AvgIpc) is 2.61. The molecular formula is C18H15N3O4. The molecule has 1 amide bonds. The van der Waals surface area contributed by atoms with Crippen LogP contribution in [-0.2, 0) is 4.79 Å². The molecule has 0 spiro atoms. The summed E-state index contributed by atoms with van der Waals surface area (Å²) in [5, 5.41) is 22.6. The third kappa shape index (κ3) is 4.42. The van der Waals surface area contributed by atoms with Crippen molar-refractivity contribution >= 4 is 23.4 Å². The van der Waals surface area contributed by atoms with E-state index in [2.05, 4.69) is 5.32 Å². The van der Waals surface area contributed by atoms with Gasteiger partial charge in [0.2, 0.25) is 0 Å². The molecule has 1 N–H and O–H groups in total. The molecule has 0 aromatic heterocycles. The lowest BCUT2D eigenvalue weighted by Crippen LogP contribution is -2.14. The fraction of sp³-hybridized carbons (Fsp3) is 0.111. The van der Waals surface area contributed by atoms with Crippen molar-refractivity contribution in [3.63, 3.8) is 0 Å². The molecule has 7 heteroatoms. The number of anilines is 1. The number of aryl methyl sites for hydroxylation is 1. The lowest BCUT2D eigenvalue weighted by Gasteiger charge is -2.07. The zero-order valence-electron chi connectivity index (χ0n) is 13.6. The summed E-state index contributed by atoms with van der Waals surface area (Å²) in [6.07, 6.45) is 1.45. The van der Waals surface area contributed by atoms with Crippen LogP contribution in [0.3, 0.4) is 0 Å². The number of nitriles is 1. The number of carbonyl (C=O) groups is 1. The molecule has 25 heavy (non-hydrogen) atoms. The number of rotatable bonds is 5. The van der Waals surface area contributed by atoms with E-state index in [1.165, 1.54) is 24.3 Å². The van der Waals surface area contributed by atoms with Gasteiger partial charge in [0.1, 0.15) is 17.4 Å². The predicted molar refractivity (Wildman–Crippen MR) is 93.0 cm³/mol. The Balaban J connectivity index is 2.21. The standard InChI is InChI=1S/C18H15N3O4/c1-12-9-15(21(23)24)5-8-17(12)20-18(22)14(11-19)10-13-3-6-16(25-2)7-4-13/h3-10H,1-2H3,(H,20,22)/b14-10+. The molecule has 2 rings (SSSR count). The number of nitro benzene ring substituents is 1. The predicted octanol–water partition coefficient (Wildman–Crippen LogP) is 3.46. The topological polar surface area (TPSA) is 105 Å². The first-order valence-electron chi connectivity index (χ1n) is 7.27. The molecule has 2 aromatic carbocycles. The first-order chi connectivity index (χ1) is 11.9. The van der Waals surface area contributed by atoms with E-state index in [1.807, 2.05) is 6.07 Å². The second-order valence-electron chi connectivity index (χ2n) is 5.15. The maximum Gasteiger partial charge on any atom is 0.269 e. The SMILES string of the molecule is COc1ccc(/C=C(\C#N)C(=O)Nc2ccc([N+](=O)[O-])cc2C)cc1. The molecule has 0 heterocycles. The zero-order valence-corrected chi connectivity index (χ0v) is 13.6. The summed E-state index contributed by atoms with van der Waals surface area (Å²) in [5.74, 6) is 0.0804. The van der Waals surface area contributed by atoms with Gasteiger partial charge < -0.3 is 10.1 Å². The number of non-ortho nitro benzene ring substituents is 1. The number of ether oxygens (including phenoxy) is 1. The van der Waals surface area contributed by atoms with Gasteiger partial charge in [0.15, 0.2) is 0 Å². The lowest BCUT2D eigenvalue weighted by atomic mass is 10.1. The summed E-state index contributed by atoms with van der Waals surface area (Å²) in [4.78, 5) is 22.5. The van der Waals surface area contributed by atoms with Crippen LogP contribution in [0.4, 0.5) is 11.4 Å². The fourth-order valence-electron chi connectivity index (χ4n) is 2.11. The van der Waals surface area contributed by atoms with Crippen molar-refractivity contribution in [2.45, 2.75) is 6.92 Å². The highest BCUT2D eigenvalue weighted by atomic mass is 16.6. The third-order valence-corrected chi connectivity index (χ3v) is 3.46. The summed E-state index contributed by atoms with van der Waals surface area (Å²) < 4.78 is 5.05. The summed E-state index contributed by atoms with van der Waals surface area (Å²) in [6.45, 7) is 1.64. The molecule has 0 saturated heterocycles.